The number of amides is 2. The molecule has 1 aliphatic heterocycles. The number of likely N-dealkylation sites (tertiary alicyclic amines) is 1. The molecule has 0 spiro atoms. The Morgan fingerprint density at radius 2 is 1.90 bits per heavy atom. The average molecular weight is 278 g/mol. The van der Waals surface area contributed by atoms with Crippen LogP contribution in [0.4, 0.5) is 4.39 Å². The first-order valence-electron chi connectivity index (χ1n) is 6.75. The summed E-state index contributed by atoms with van der Waals surface area (Å²) in [6.45, 7) is 1.08. The largest absolute Gasteiger partial charge is 0.349 e. The van der Waals surface area contributed by atoms with Crippen molar-refractivity contribution in [2.75, 3.05) is 27.2 Å². The first-order valence-corrected chi connectivity index (χ1v) is 6.75. The molecule has 1 fully saturated rings. The van der Waals surface area contributed by atoms with Crippen molar-refractivity contribution in [3.8, 4) is 0 Å². The van der Waals surface area contributed by atoms with E-state index in [0.29, 0.717) is 18.7 Å². The summed E-state index contributed by atoms with van der Waals surface area (Å²) >= 11 is 0. The van der Waals surface area contributed by atoms with Gasteiger partial charge in [0.2, 0.25) is 5.91 Å². The SMILES string of the molecule is CN(C)C(=O)[C@H]1CCCN(C(=O)c2ccc(F)cc2)C1. The molecule has 0 unspecified atom stereocenters. The van der Waals surface area contributed by atoms with Gasteiger partial charge in [0, 0.05) is 32.7 Å². The smallest absolute Gasteiger partial charge is 0.253 e. The Hall–Kier alpha value is -1.91. The summed E-state index contributed by atoms with van der Waals surface area (Å²) < 4.78 is 12.9. The van der Waals surface area contributed by atoms with Crippen molar-refractivity contribution in [3.05, 3.63) is 35.6 Å². The Morgan fingerprint density at radius 1 is 1.25 bits per heavy atom. The minimum Gasteiger partial charge on any atom is -0.349 e. The number of hydrogen-bond donors (Lipinski definition) is 0. The van der Waals surface area contributed by atoms with E-state index < -0.39 is 0 Å². The van der Waals surface area contributed by atoms with E-state index in [1.165, 1.54) is 24.3 Å². The topological polar surface area (TPSA) is 40.6 Å². The lowest BCUT2D eigenvalue weighted by molar-refractivity contribution is -0.134. The molecule has 0 radical (unpaired) electrons. The molecule has 0 N–H and O–H groups in total. The van der Waals surface area contributed by atoms with Crippen molar-refractivity contribution in [3.63, 3.8) is 0 Å². The number of rotatable bonds is 2. The van der Waals surface area contributed by atoms with E-state index in [0.717, 1.165) is 12.8 Å². The van der Waals surface area contributed by atoms with Crippen LogP contribution in [0.15, 0.2) is 24.3 Å². The molecule has 1 saturated heterocycles. The molecule has 0 aromatic heterocycles. The van der Waals surface area contributed by atoms with Gasteiger partial charge in [-0.25, -0.2) is 4.39 Å². The van der Waals surface area contributed by atoms with E-state index in [1.54, 1.807) is 23.9 Å². The van der Waals surface area contributed by atoms with Crippen molar-refractivity contribution in [1.29, 1.82) is 0 Å². The van der Waals surface area contributed by atoms with Crippen molar-refractivity contribution < 1.29 is 14.0 Å². The number of hydrogen-bond acceptors (Lipinski definition) is 2. The predicted molar refractivity (Wildman–Crippen MR) is 73.7 cm³/mol. The zero-order valence-electron chi connectivity index (χ0n) is 11.8. The van der Waals surface area contributed by atoms with E-state index in [9.17, 15) is 14.0 Å². The summed E-state index contributed by atoms with van der Waals surface area (Å²) in [6.07, 6.45) is 1.63. The maximum absolute atomic E-state index is 12.9. The molecule has 0 saturated carbocycles. The molecule has 0 bridgehead atoms. The standard InChI is InChI=1S/C15H19FN2O2/c1-17(2)14(19)12-4-3-9-18(10-12)15(20)11-5-7-13(16)8-6-11/h5-8,12H,3-4,9-10H2,1-2H3/t12-/m0/s1. The second-order valence-corrected chi connectivity index (χ2v) is 5.33. The van der Waals surface area contributed by atoms with Gasteiger partial charge in [-0.2, -0.15) is 0 Å². The summed E-state index contributed by atoms with van der Waals surface area (Å²) in [7, 11) is 3.45. The Bertz CT molecular complexity index is 499. The quantitative estimate of drug-likeness (QED) is 0.827. The van der Waals surface area contributed by atoms with Crippen LogP contribution in [-0.4, -0.2) is 48.8 Å². The normalized spacial score (nSPS) is 18.8. The van der Waals surface area contributed by atoms with Gasteiger partial charge < -0.3 is 9.80 Å². The molecule has 0 aliphatic carbocycles. The Morgan fingerprint density at radius 3 is 2.50 bits per heavy atom. The highest BCUT2D eigenvalue weighted by Gasteiger charge is 2.29. The number of piperidine rings is 1. The van der Waals surface area contributed by atoms with Crippen LogP contribution >= 0.6 is 0 Å². The average Bonchev–Trinajstić information content (AvgIpc) is 2.46. The van der Waals surface area contributed by atoms with Gasteiger partial charge in [-0.3, -0.25) is 9.59 Å². The molecule has 2 amide bonds. The molecule has 108 valence electrons. The zero-order chi connectivity index (χ0) is 14.7. The Labute approximate surface area is 118 Å². The molecule has 1 atom stereocenters. The lowest BCUT2D eigenvalue weighted by Gasteiger charge is -2.33. The molecule has 1 heterocycles. The van der Waals surface area contributed by atoms with Gasteiger partial charge in [0.1, 0.15) is 5.82 Å². The lowest BCUT2D eigenvalue weighted by atomic mass is 9.96. The third kappa shape index (κ3) is 3.15. The van der Waals surface area contributed by atoms with Gasteiger partial charge in [-0.15, -0.1) is 0 Å². The Kier molecular flexibility index (Phi) is 4.37. The van der Waals surface area contributed by atoms with Crippen molar-refractivity contribution in [1.82, 2.24) is 9.80 Å². The third-order valence-electron chi connectivity index (χ3n) is 3.59. The van der Waals surface area contributed by atoms with E-state index in [4.69, 9.17) is 0 Å². The zero-order valence-corrected chi connectivity index (χ0v) is 11.8. The summed E-state index contributed by atoms with van der Waals surface area (Å²) in [6, 6.07) is 5.52. The molecule has 1 aliphatic rings. The van der Waals surface area contributed by atoms with Crippen LogP contribution in [0.25, 0.3) is 0 Å². The highest BCUT2D eigenvalue weighted by molar-refractivity contribution is 5.94. The number of benzene rings is 1. The van der Waals surface area contributed by atoms with Crippen molar-refractivity contribution >= 4 is 11.8 Å². The van der Waals surface area contributed by atoms with E-state index in [-0.39, 0.29) is 23.5 Å². The van der Waals surface area contributed by atoms with Crippen LogP contribution in [-0.2, 0) is 4.79 Å². The fraction of sp³-hybridized carbons (Fsp3) is 0.467. The highest BCUT2D eigenvalue weighted by atomic mass is 19.1. The molecule has 1 aromatic carbocycles. The summed E-state index contributed by atoms with van der Waals surface area (Å²) in [5.74, 6) is -0.577. The fourth-order valence-electron chi connectivity index (χ4n) is 2.50. The van der Waals surface area contributed by atoms with E-state index in [1.807, 2.05) is 0 Å². The second-order valence-electron chi connectivity index (χ2n) is 5.33. The van der Waals surface area contributed by atoms with Gasteiger partial charge in [-0.05, 0) is 37.1 Å². The van der Waals surface area contributed by atoms with Crippen LogP contribution < -0.4 is 0 Å². The molecule has 2 rings (SSSR count). The van der Waals surface area contributed by atoms with Gasteiger partial charge in [-0.1, -0.05) is 0 Å². The molecule has 5 heteroatoms. The van der Waals surface area contributed by atoms with Crippen LogP contribution in [0.5, 0.6) is 0 Å². The minimum absolute atomic E-state index is 0.0570. The number of nitrogens with zero attached hydrogens (tertiary/aromatic N) is 2. The second kappa shape index (κ2) is 6.03. The Balaban J connectivity index is 2.07. The van der Waals surface area contributed by atoms with Crippen LogP contribution in [0.1, 0.15) is 23.2 Å². The lowest BCUT2D eigenvalue weighted by Crippen LogP contribution is -2.45. The third-order valence-corrected chi connectivity index (χ3v) is 3.59. The van der Waals surface area contributed by atoms with Gasteiger partial charge >= 0.3 is 0 Å². The molecule has 1 aromatic rings. The summed E-state index contributed by atoms with van der Waals surface area (Å²) in [4.78, 5) is 27.6. The monoisotopic (exact) mass is 278 g/mol. The molecular formula is C15H19FN2O2. The van der Waals surface area contributed by atoms with Gasteiger partial charge in [0.15, 0.2) is 0 Å². The fourth-order valence-corrected chi connectivity index (χ4v) is 2.50. The molecular weight excluding hydrogens is 259 g/mol. The van der Waals surface area contributed by atoms with Crippen LogP contribution in [0.3, 0.4) is 0 Å². The van der Waals surface area contributed by atoms with Gasteiger partial charge in [0.05, 0.1) is 5.92 Å². The van der Waals surface area contributed by atoms with Gasteiger partial charge in [0.25, 0.3) is 5.91 Å². The highest BCUT2D eigenvalue weighted by Crippen LogP contribution is 2.20. The number of halogens is 1. The summed E-state index contributed by atoms with van der Waals surface area (Å²) in [5.41, 5.74) is 0.462. The molecule has 4 nitrogen and oxygen atoms in total. The van der Waals surface area contributed by atoms with Crippen LogP contribution in [0, 0.1) is 11.7 Å². The number of carbonyl (C=O) groups is 2. The minimum atomic E-state index is -0.360. The maximum atomic E-state index is 12.9. The van der Waals surface area contributed by atoms with Crippen LogP contribution in [0.2, 0.25) is 0 Å². The van der Waals surface area contributed by atoms with Crippen molar-refractivity contribution in [2.24, 2.45) is 5.92 Å². The first kappa shape index (κ1) is 14.5. The van der Waals surface area contributed by atoms with E-state index in [2.05, 4.69) is 0 Å². The number of carbonyl (C=O) groups excluding carboxylic acids is 2. The maximum Gasteiger partial charge on any atom is 0.253 e. The summed E-state index contributed by atoms with van der Waals surface area (Å²) in [5, 5.41) is 0. The predicted octanol–water partition coefficient (Wildman–Crippen LogP) is 1.77. The van der Waals surface area contributed by atoms with Crippen molar-refractivity contribution in [2.45, 2.75) is 12.8 Å². The molecule has 20 heavy (non-hydrogen) atoms. The van der Waals surface area contributed by atoms with E-state index >= 15 is 0 Å². The first-order chi connectivity index (χ1) is 9.49.